The number of hydrogen-bond donors (Lipinski definition) is 1. The van der Waals surface area contributed by atoms with Crippen molar-refractivity contribution in [2.24, 2.45) is 5.28 Å². The standard InChI is InChI=1S/C10H14N4O2/c15-11-14(16)13-8-6-12(7-9-13)10-4-2-1-3-5-10/h1-5,15H,6-9H2/b14-11-. The lowest BCUT2D eigenvalue weighted by atomic mass is 10.2. The van der Waals surface area contributed by atoms with Gasteiger partial charge >= 0.3 is 0 Å². The van der Waals surface area contributed by atoms with Gasteiger partial charge in [0, 0.05) is 18.8 Å². The highest BCUT2D eigenvalue weighted by molar-refractivity contribution is 5.46. The number of piperazine rings is 1. The van der Waals surface area contributed by atoms with Crippen LogP contribution in [-0.2, 0) is 0 Å². The number of nitrogens with zero attached hydrogens (tertiary/aromatic N) is 4. The van der Waals surface area contributed by atoms with Gasteiger partial charge in [0.2, 0.25) is 5.28 Å². The Bertz CT molecular complexity index is 360. The smallest absolute Gasteiger partial charge is 0.230 e. The van der Waals surface area contributed by atoms with E-state index in [9.17, 15) is 5.21 Å². The van der Waals surface area contributed by atoms with Gasteiger partial charge in [-0.25, -0.2) is 0 Å². The van der Waals surface area contributed by atoms with Gasteiger partial charge in [-0.1, -0.05) is 18.2 Å². The zero-order valence-electron chi connectivity index (χ0n) is 8.86. The van der Waals surface area contributed by atoms with Crippen LogP contribution < -0.4 is 4.90 Å². The third kappa shape index (κ3) is 2.16. The van der Waals surface area contributed by atoms with Gasteiger partial charge in [-0.15, -0.1) is 5.01 Å². The highest BCUT2D eigenvalue weighted by atomic mass is 16.6. The summed E-state index contributed by atoms with van der Waals surface area (Å²) >= 11 is 0. The molecule has 6 nitrogen and oxygen atoms in total. The highest BCUT2D eigenvalue weighted by Gasteiger charge is 2.21. The maximum atomic E-state index is 11.0. The Labute approximate surface area is 93.5 Å². The van der Waals surface area contributed by atoms with E-state index in [1.54, 1.807) is 0 Å². The van der Waals surface area contributed by atoms with Crippen molar-refractivity contribution in [2.75, 3.05) is 31.1 Å². The van der Waals surface area contributed by atoms with Crippen LogP contribution in [0.4, 0.5) is 5.69 Å². The molecule has 86 valence electrons. The molecule has 0 saturated carbocycles. The van der Waals surface area contributed by atoms with E-state index in [0.29, 0.717) is 13.1 Å². The molecular weight excluding hydrogens is 208 g/mol. The molecule has 0 atom stereocenters. The van der Waals surface area contributed by atoms with Crippen molar-refractivity contribution in [2.45, 2.75) is 0 Å². The fourth-order valence-electron chi connectivity index (χ4n) is 1.82. The summed E-state index contributed by atoms with van der Waals surface area (Å²) in [7, 11) is 0. The topological polar surface area (TPSA) is 65.1 Å². The molecule has 1 aromatic carbocycles. The Morgan fingerprint density at radius 1 is 1.12 bits per heavy atom. The molecular formula is C10H14N4O2. The number of hydrazine groups is 1. The van der Waals surface area contributed by atoms with Crippen LogP contribution in [0, 0.1) is 5.21 Å². The third-order valence-electron chi connectivity index (χ3n) is 2.70. The zero-order chi connectivity index (χ0) is 11.4. The van der Waals surface area contributed by atoms with E-state index in [4.69, 9.17) is 5.21 Å². The molecule has 1 aromatic rings. The largest absolute Gasteiger partial charge is 0.569 e. The van der Waals surface area contributed by atoms with E-state index < -0.39 is 0 Å². The van der Waals surface area contributed by atoms with Crippen LogP contribution >= 0.6 is 0 Å². The summed E-state index contributed by atoms with van der Waals surface area (Å²) in [5, 5.41) is 23.4. The quantitative estimate of drug-likeness (QED) is 0.462. The van der Waals surface area contributed by atoms with E-state index in [1.807, 2.05) is 30.3 Å². The predicted octanol–water partition coefficient (Wildman–Crippen LogP) is 1.08. The SMILES string of the molecule is [O-]/[N+](=N\O)N1CCN(c2ccccc2)CC1. The second-order valence-corrected chi connectivity index (χ2v) is 3.62. The maximum absolute atomic E-state index is 11.0. The van der Waals surface area contributed by atoms with Crippen LogP contribution in [0.5, 0.6) is 0 Å². The summed E-state index contributed by atoms with van der Waals surface area (Å²) in [6.45, 7) is 2.61. The molecule has 0 amide bonds. The van der Waals surface area contributed by atoms with Crippen molar-refractivity contribution >= 4 is 5.69 Å². The molecule has 6 heteroatoms. The highest BCUT2D eigenvalue weighted by Crippen LogP contribution is 2.15. The number of hydrogen-bond acceptors (Lipinski definition) is 3. The fourth-order valence-corrected chi connectivity index (χ4v) is 1.82. The summed E-state index contributed by atoms with van der Waals surface area (Å²) < 4.78 is 0. The molecule has 16 heavy (non-hydrogen) atoms. The Morgan fingerprint density at radius 3 is 2.31 bits per heavy atom. The first-order valence-corrected chi connectivity index (χ1v) is 5.18. The summed E-state index contributed by atoms with van der Waals surface area (Å²) in [4.78, 5) is 2.43. The lowest BCUT2D eigenvalue weighted by Gasteiger charge is -2.32. The molecule has 1 aliphatic heterocycles. The molecule has 1 saturated heterocycles. The molecule has 0 spiro atoms. The van der Waals surface area contributed by atoms with Crippen LogP contribution in [0.1, 0.15) is 0 Å². The molecule has 0 unspecified atom stereocenters. The van der Waals surface area contributed by atoms with E-state index in [-0.39, 0.29) is 4.97 Å². The van der Waals surface area contributed by atoms with Gasteiger partial charge in [-0.2, -0.15) is 0 Å². The lowest BCUT2D eigenvalue weighted by molar-refractivity contribution is -0.710. The molecule has 1 fully saturated rings. The van der Waals surface area contributed by atoms with E-state index >= 15 is 0 Å². The van der Waals surface area contributed by atoms with Crippen LogP contribution in [0.15, 0.2) is 35.6 Å². The predicted molar refractivity (Wildman–Crippen MR) is 58.1 cm³/mol. The first-order valence-electron chi connectivity index (χ1n) is 5.18. The monoisotopic (exact) mass is 222 g/mol. The third-order valence-corrected chi connectivity index (χ3v) is 2.70. The number of para-hydroxylation sites is 1. The van der Waals surface area contributed by atoms with Crippen molar-refractivity contribution in [1.82, 2.24) is 5.01 Å². The Kier molecular flexibility index (Phi) is 3.09. The van der Waals surface area contributed by atoms with E-state index in [2.05, 4.69) is 10.2 Å². The number of rotatable bonds is 2. The van der Waals surface area contributed by atoms with Gasteiger partial charge in [0.25, 0.3) is 0 Å². The average Bonchev–Trinajstić information content (AvgIpc) is 2.39. The second-order valence-electron chi connectivity index (χ2n) is 3.62. The van der Waals surface area contributed by atoms with Gasteiger partial charge in [0.05, 0.1) is 18.1 Å². The fraction of sp³-hybridized carbons (Fsp3) is 0.400. The Balaban J connectivity index is 1.96. The van der Waals surface area contributed by atoms with Crippen molar-refractivity contribution in [3.8, 4) is 0 Å². The minimum Gasteiger partial charge on any atom is -0.569 e. The van der Waals surface area contributed by atoms with Gasteiger partial charge in [0.15, 0.2) is 0 Å². The van der Waals surface area contributed by atoms with E-state index in [0.717, 1.165) is 18.8 Å². The molecule has 0 aliphatic carbocycles. The summed E-state index contributed by atoms with van der Waals surface area (Å²) in [5.41, 5.74) is 1.15. The van der Waals surface area contributed by atoms with Crippen molar-refractivity contribution in [3.05, 3.63) is 35.5 Å². The maximum Gasteiger partial charge on any atom is 0.230 e. The lowest BCUT2D eigenvalue weighted by Crippen LogP contribution is -2.48. The molecule has 0 radical (unpaired) electrons. The Morgan fingerprint density at radius 2 is 1.75 bits per heavy atom. The second kappa shape index (κ2) is 4.69. The van der Waals surface area contributed by atoms with Gasteiger partial charge in [0.1, 0.15) is 0 Å². The summed E-state index contributed by atoms with van der Waals surface area (Å²) in [6.07, 6.45) is 0. The van der Waals surface area contributed by atoms with Crippen LogP contribution in [-0.4, -0.2) is 41.4 Å². The molecule has 1 aliphatic rings. The first kappa shape index (κ1) is 10.5. The number of benzene rings is 1. The molecule has 1 heterocycles. The van der Waals surface area contributed by atoms with Gasteiger partial charge in [-0.3, -0.25) is 0 Å². The first-order chi connectivity index (χ1) is 7.81. The van der Waals surface area contributed by atoms with Gasteiger partial charge in [-0.05, 0) is 12.1 Å². The molecule has 1 N–H and O–H groups in total. The normalized spacial score (nSPS) is 17.6. The minimum absolute atomic E-state index is 0.238. The minimum atomic E-state index is 0.238. The average molecular weight is 222 g/mol. The van der Waals surface area contributed by atoms with Crippen LogP contribution in [0.25, 0.3) is 0 Å². The summed E-state index contributed by atoms with van der Waals surface area (Å²) in [5.74, 6) is 0. The zero-order valence-corrected chi connectivity index (χ0v) is 8.86. The Hall–Kier alpha value is -1.98. The van der Waals surface area contributed by atoms with Crippen LogP contribution in [0.3, 0.4) is 0 Å². The summed E-state index contributed by atoms with van der Waals surface area (Å²) in [6, 6.07) is 10.0. The number of anilines is 1. The molecule has 0 aromatic heterocycles. The van der Waals surface area contributed by atoms with Crippen molar-refractivity contribution in [1.29, 1.82) is 0 Å². The van der Waals surface area contributed by atoms with Crippen LogP contribution in [0.2, 0.25) is 0 Å². The van der Waals surface area contributed by atoms with Crippen molar-refractivity contribution in [3.63, 3.8) is 0 Å². The van der Waals surface area contributed by atoms with Gasteiger partial charge < -0.3 is 15.3 Å². The van der Waals surface area contributed by atoms with E-state index in [1.165, 1.54) is 5.01 Å². The van der Waals surface area contributed by atoms with Crippen molar-refractivity contribution < 1.29 is 10.2 Å². The molecule has 2 rings (SSSR count). The molecule has 0 bridgehead atoms.